The number of benzene rings is 1. The SMILES string of the molecule is CC(C)(C)OC(=O)N1CCN(C(=O)C2CCCN(c3cnn(Cc4ccccc4)c(=O)c3)C2)CC1. The van der Waals surface area contributed by atoms with E-state index in [1.54, 1.807) is 17.2 Å². The van der Waals surface area contributed by atoms with E-state index in [2.05, 4.69) is 10.00 Å². The maximum Gasteiger partial charge on any atom is 0.410 e. The highest BCUT2D eigenvalue weighted by Crippen LogP contribution is 2.24. The van der Waals surface area contributed by atoms with Crippen LogP contribution in [-0.2, 0) is 16.1 Å². The van der Waals surface area contributed by atoms with Crippen molar-refractivity contribution in [2.24, 2.45) is 5.92 Å². The fraction of sp³-hybridized carbons (Fsp3) is 0.538. The first-order chi connectivity index (χ1) is 16.7. The van der Waals surface area contributed by atoms with E-state index in [9.17, 15) is 14.4 Å². The number of hydrogen-bond acceptors (Lipinski definition) is 6. The van der Waals surface area contributed by atoms with Crippen LogP contribution in [0.5, 0.6) is 0 Å². The van der Waals surface area contributed by atoms with Crippen LogP contribution in [0.3, 0.4) is 0 Å². The molecule has 0 aliphatic carbocycles. The molecule has 4 rings (SSSR count). The maximum atomic E-state index is 13.2. The van der Waals surface area contributed by atoms with Gasteiger partial charge in [0.2, 0.25) is 5.91 Å². The van der Waals surface area contributed by atoms with Gasteiger partial charge in [0.05, 0.1) is 24.3 Å². The molecule has 188 valence electrons. The van der Waals surface area contributed by atoms with Crippen molar-refractivity contribution in [2.45, 2.75) is 45.8 Å². The molecule has 0 N–H and O–H groups in total. The van der Waals surface area contributed by atoms with Crippen molar-refractivity contribution >= 4 is 17.7 Å². The van der Waals surface area contributed by atoms with Crippen LogP contribution >= 0.6 is 0 Å². The summed E-state index contributed by atoms with van der Waals surface area (Å²) in [6.45, 7) is 9.28. The predicted octanol–water partition coefficient (Wildman–Crippen LogP) is 2.59. The van der Waals surface area contributed by atoms with Gasteiger partial charge in [0.1, 0.15) is 5.60 Å². The Morgan fingerprint density at radius 1 is 1.03 bits per heavy atom. The van der Waals surface area contributed by atoms with Crippen LogP contribution in [0, 0.1) is 5.92 Å². The van der Waals surface area contributed by atoms with Crippen molar-refractivity contribution in [2.75, 3.05) is 44.2 Å². The standard InChI is InChI=1S/C26H35N5O4/c1-26(2,3)35-25(34)29-14-12-28(13-15-29)24(33)21-10-7-11-30(19-21)22-16-23(32)31(27-17-22)18-20-8-5-4-6-9-20/h4-6,8-9,16-17,21H,7,10-15,18-19H2,1-3H3. The second-order valence-corrected chi connectivity index (χ2v) is 10.3. The third-order valence-corrected chi connectivity index (χ3v) is 6.41. The highest BCUT2D eigenvalue weighted by Gasteiger charge is 2.33. The van der Waals surface area contributed by atoms with E-state index in [0.29, 0.717) is 39.3 Å². The van der Waals surface area contributed by atoms with Crippen molar-refractivity contribution in [1.82, 2.24) is 19.6 Å². The van der Waals surface area contributed by atoms with Gasteiger partial charge < -0.3 is 19.4 Å². The zero-order chi connectivity index (χ0) is 25.0. The van der Waals surface area contributed by atoms with Crippen LogP contribution in [0.15, 0.2) is 47.4 Å². The van der Waals surface area contributed by atoms with Crippen LogP contribution in [0.2, 0.25) is 0 Å². The normalized spacial score (nSPS) is 18.9. The number of rotatable bonds is 4. The molecule has 2 fully saturated rings. The van der Waals surface area contributed by atoms with Crippen LogP contribution < -0.4 is 10.5 Å². The smallest absolute Gasteiger partial charge is 0.410 e. The third kappa shape index (κ3) is 6.41. The average Bonchev–Trinajstić information content (AvgIpc) is 2.84. The van der Waals surface area contributed by atoms with Gasteiger partial charge in [0, 0.05) is 45.3 Å². The van der Waals surface area contributed by atoms with Gasteiger partial charge in [-0.25, -0.2) is 9.48 Å². The van der Waals surface area contributed by atoms with Gasteiger partial charge in [-0.05, 0) is 39.2 Å². The Balaban J connectivity index is 1.33. The maximum absolute atomic E-state index is 13.2. The molecule has 2 amide bonds. The van der Waals surface area contributed by atoms with E-state index < -0.39 is 5.60 Å². The summed E-state index contributed by atoms with van der Waals surface area (Å²) in [5.41, 5.74) is 1.09. The van der Waals surface area contributed by atoms with E-state index in [0.717, 1.165) is 30.6 Å². The van der Waals surface area contributed by atoms with Gasteiger partial charge >= 0.3 is 6.09 Å². The molecular weight excluding hydrogens is 446 g/mol. The molecule has 0 bridgehead atoms. The zero-order valence-corrected chi connectivity index (χ0v) is 20.9. The number of amides is 2. The van der Waals surface area contributed by atoms with Gasteiger partial charge in [-0.15, -0.1) is 0 Å². The first-order valence-electron chi connectivity index (χ1n) is 12.3. The lowest BCUT2D eigenvalue weighted by atomic mass is 9.96. The molecule has 9 nitrogen and oxygen atoms in total. The molecule has 1 aromatic carbocycles. The minimum atomic E-state index is -0.535. The molecular formula is C26H35N5O4. The topological polar surface area (TPSA) is 88.0 Å². The van der Waals surface area contributed by atoms with Gasteiger partial charge in [0.25, 0.3) is 5.56 Å². The number of anilines is 1. The third-order valence-electron chi connectivity index (χ3n) is 6.41. The van der Waals surface area contributed by atoms with E-state index in [1.165, 1.54) is 4.68 Å². The molecule has 2 aromatic rings. The highest BCUT2D eigenvalue weighted by atomic mass is 16.6. The van der Waals surface area contributed by atoms with E-state index in [1.807, 2.05) is 56.0 Å². The number of carbonyl (C=O) groups excluding carboxylic acids is 2. The Kier molecular flexibility index (Phi) is 7.42. The lowest BCUT2D eigenvalue weighted by Crippen LogP contribution is -2.54. The molecule has 0 saturated carbocycles. The Bertz CT molecular complexity index is 1090. The molecule has 2 aliphatic rings. The van der Waals surface area contributed by atoms with Gasteiger partial charge in [-0.2, -0.15) is 5.10 Å². The number of piperazine rings is 1. The molecule has 2 aliphatic heterocycles. The van der Waals surface area contributed by atoms with Crippen molar-refractivity contribution < 1.29 is 14.3 Å². The second kappa shape index (κ2) is 10.5. The zero-order valence-electron chi connectivity index (χ0n) is 20.9. The quantitative estimate of drug-likeness (QED) is 0.667. The summed E-state index contributed by atoms with van der Waals surface area (Å²) < 4.78 is 6.90. The molecule has 35 heavy (non-hydrogen) atoms. The molecule has 9 heteroatoms. The second-order valence-electron chi connectivity index (χ2n) is 10.3. The summed E-state index contributed by atoms with van der Waals surface area (Å²) in [6, 6.07) is 11.4. The van der Waals surface area contributed by atoms with Crippen molar-refractivity contribution in [3.63, 3.8) is 0 Å². The first-order valence-corrected chi connectivity index (χ1v) is 12.3. The number of hydrogen-bond donors (Lipinski definition) is 0. The molecule has 2 saturated heterocycles. The molecule has 1 unspecified atom stereocenters. The summed E-state index contributed by atoms with van der Waals surface area (Å²) in [5.74, 6) is -0.0208. The van der Waals surface area contributed by atoms with E-state index in [-0.39, 0.29) is 23.5 Å². The van der Waals surface area contributed by atoms with Crippen LogP contribution in [0.4, 0.5) is 10.5 Å². The summed E-state index contributed by atoms with van der Waals surface area (Å²) in [6.07, 6.45) is 3.08. The van der Waals surface area contributed by atoms with Gasteiger partial charge in [-0.3, -0.25) is 9.59 Å². The van der Waals surface area contributed by atoms with Crippen LogP contribution in [0.1, 0.15) is 39.2 Å². The summed E-state index contributed by atoms with van der Waals surface area (Å²) in [7, 11) is 0. The average molecular weight is 482 g/mol. The Morgan fingerprint density at radius 3 is 2.37 bits per heavy atom. The monoisotopic (exact) mass is 481 g/mol. The fourth-order valence-corrected chi connectivity index (χ4v) is 4.58. The molecule has 3 heterocycles. The summed E-state index contributed by atoms with van der Waals surface area (Å²) in [5, 5.41) is 4.38. The lowest BCUT2D eigenvalue weighted by Gasteiger charge is -2.39. The van der Waals surface area contributed by atoms with Crippen molar-refractivity contribution in [3.05, 3.63) is 58.5 Å². The number of piperidine rings is 1. The van der Waals surface area contributed by atoms with E-state index in [4.69, 9.17) is 4.74 Å². The molecule has 0 spiro atoms. The number of carbonyl (C=O) groups is 2. The summed E-state index contributed by atoms with van der Waals surface area (Å²) >= 11 is 0. The minimum absolute atomic E-state index is 0.115. The first kappa shape index (κ1) is 24.8. The van der Waals surface area contributed by atoms with E-state index >= 15 is 0 Å². The number of ether oxygens (including phenoxy) is 1. The van der Waals surface area contributed by atoms with Crippen molar-refractivity contribution in [1.29, 1.82) is 0 Å². The van der Waals surface area contributed by atoms with Gasteiger partial charge in [0.15, 0.2) is 0 Å². The Hall–Kier alpha value is -3.36. The lowest BCUT2D eigenvalue weighted by molar-refractivity contribution is -0.137. The Morgan fingerprint density at radius 2 is 1.71 bits per heavy atom. The van der Waals surface area contributed by atoms with Gasteiger partial charge in [-0.1, -0.05) is 30.3 Å². The fourth-order valence-electron chi connectivity index (χ4n) is 4.58. The predicted molar refractivity (Wildman–Crippen MR) is 133 cm³/mol. The summed E-state index contributed by atoms with van der Waals surface area (Å²) in [4.78, 5) is 43.8. The Labute approximate surface area is 206 Å². The van der Waals surface area contributed by atoms with Crippen LogP contribution in [-0.4, -0.2) is 76.5 Å². The van der Waals surface area contributed by atoms with Crippen LogP contribution in [0.25, 0.3) is 0 Å². The molecule has 1 aromatic heterocycles. The number of aromatic nitrogens is 2. The molecule has 1 atom stereocenters. The van der Waals surface area contributed by atoms with Crippen molar-refractivity contribution in [3.8, 4) is 0 Å². The molecule has 0 radical (unpaired) electrons. The largest absolute Gasteiger partial charge is 0.444 e. The minimum Gasteiger partial charge on any atom is -0.444 e. The number of nitrogens with zero attached hydrogens (tertiary/aromatic N) is 5. The highest BCUT2D eigenvalue weighted by molar-refractivity contribution is 5.80.